The molecule has 0 spiro atoms. The van der Waals surface area contributed by atoms with Crippen molar-refractivity contribution in [2.24, 2.45) is 0 Å². The maximum Gasteiger partial charge on any atom is 0.262 e. The van der Waals surface area contributed by atoms with E-state index in [0.717, 1.165) is 36.8 Å². The first-order chi connectivity index (χ1) is 18.9. The molecule has 4 N–H and O–H groups in total. The molecule has 0 unspecified atom stereocenters. The standard InChI is InChI=1S/C29H38ClFN4O4/c30-22-16-20(17-23(31)18-22)8-11-32-13-10-27(38)35(24-4-2-1-3-5-24)15-14-33-12-9-21-6-7-25(36)28-29(21)39-19-26(37)34-28/h6-7,16-18,24,32-33,36H,1-5,8-15,19H2,(H,34,37). The number of nitrogens with one attached hydrogen (secondary N) is 3. The van der Waals surface area contributed by atoms with Gasteiger partial charge in [0.1, 0.15) is 17.3 Å². The second-order valence-electron chi connectivity index (χ2n) is 10.2. The summed E-state index contributed by atoms with van der Waals surface area (Å²) < 4.78 is 19.1. The molecular weight excluding hydrogens is 523 g/mol. The monoisotopic (exact) mass is 560 g/mol. The lowest BCUT2D eigenvalue weighted by molar-refractivity contribution is -0.134. The van der Waals surface area contributed by atoms with Crippen LogP contribution in [-0.4, -0.2) is 67.2 Å². The van der Waals surface area contributed by atoms with Crippen LogP contribution < -0.4 is 20.7 Å². The van der Waals surface area contributed by atoms with Gasteiger partial charge >= 0.3 is 0 Å². The van der Waals surface area contributed by atoms with Crippen LogP contribution in [0.4, 0.5) is 10.1 Å². The van der Waals surface area contributed by atoms with E-state index < -0.39 is 0 Å². The van der Waals surface area contributed by atoms with E-state index in [-0.39, 0.29) is 36.0 Å². The Morgan fingerprint density at radius 2 is 1.85 bits per heavy atom. The number of hydrogen-bond donors (Lipinski definition) is 4. The van der Waals surface area contributed by atoms with Crippen LogP contribution in [0.1, 0.15) is 49.7 Å². The van der Waals surface area contributed by atoms with Crippen LogP contribution in [-0.2, 0) is 22.4 Å². The lowest BCUT2D eigenvalue weighted by Gasteiger charge is -2.34. The van der Waals surface area contributed by atoms with Gasteiger partial charge in [-0.2, -0.15) is 0 Å². The number of rotatable bonds is 13. The van der Waals surface area contributed by atoms with Crippen LogP contribution in [0, 0.1) is 5.82 Å². The molecule has 1 heterocycles. The molecule has 212 valence electrons. The van der Waals surface area contributed by atoms with E-state index in [4.69, 9.17) is 16.3 Å². The van der Waals surface area contributed by atoms with Crippen LogP contribution in [0.25, 0.3) is 0 Å². The number of benzene rings is 2. The van der Waals surface area contributed by atoms with Crippen molar-refractivity contribution in [1.29, 1.82) is 0 Å². The van der Waals surface area contributed by atoms with Gasteiger partial charge in [-0.1, -0.05) is 36.9 Å². The molecule has 8 nitrogen and oxygen atoms in total. The second kappa shape index (κ2) is 14.5. The van der Waals surface area contributed by atoms with Crippen LogP contribution >= 0.6 is 11.6 Å². The van der Waals surface area contributed by atoms with Gasteiger partial charge in [-0.15, -0.1) is 0 Å². The molecule has 10 heteroatoms. The van der Waals surface area contributed by atoms with Crippen molar-refractivity contribution in [3.05, 3.63) is 52.3 Å². The van der Waals surface area contributed by atoms with Crippen LogP contribution in [0.2, 0.25) is 5.02 Å². The highest BCUT2D eigenvalue weighted by molar-refractivity contribution is 6.30. The number of halogens is 2. The van der Waals surface area contributed by atoms with Gasteiger partial charge in [0, 0.05) is 37.1 Å². The molecule has 0 atom stereocenters. The van der Waals surface area contributed by atoms with E-state index in [1.165, 1.54) is 18.6 Å². The highest BCUT2D eigenvalue weighted by Gasteiger charge is 2.25. The van der Waals surface area contributed by atoms with Gasteiger partial charge in [-0.3, -0.25) is 9.59 Å². The largest absolute Gasteiger partial charge is 0.506 e. The smallest absolute Gasteiger partial charge is 0.262 e. The average molecular weight is 561 g/mol. The van der Waals surface area contributed by atoms with E-state index in [0.29, 0.717) is 68.4 Å². The lowest BCUT2D eigenvalue weighted by atomic mass is 9.94. The zero-order valence-corrected chi connectivity index (χ0v) is 23.0. The number of anilines is 1. The Bertz CT molecular complexity index is 1120. The Morgan fingerprint density at radius 1 is 1.08 bits per heavy atom. The van der Waals surface area contributed by atoms with Crippen molar-refractivity contribution in [3.8, 4) is 11.5 Å². The Kier molecular flexibility index (Phi) is 10.8. The first-order valence-electron chi connectivity index (χ1n) is 13.8. The number of ether oxygens (including phenoxy) is 1. The molecular formula is C29H38ClFN4O4. The minimum atomic E-state index is -0.339. The predicted octanol–water partition coefficient (Wildman–Crippen LogP) is 4.03. The third-order valence-corrected chi connectivity index (χ3v) is 7.51. The highest BCUT2D eigenvalue weighted by Crippen LogP contribution is 2.39. The summed E-state index contributed by atoms with van der Waals surface area (Å²) in [6.07, 6.45) is 7.34. The Labute approximate surface area is 234 Å². The predicted molar refractivity (Wildman–Crippen MR) is 150 cm³/mol. The number of fused-ring (bicyclic) bond motifs is 1. The van der Waals surface area contributed by atoms with Crippen LogP contribution in [0.15, 0.2) is 30.3 Å². The van der Waals surface area contributed by atoms with Gasteiger partial charge in [0.2, 0.25) is 5.91 Å². The molecule has 39 heavy (non-hydrogen) atoms. The fraction of sp³-hybridized carbons (Fsp3) is 0.517. The van der Waals surface area contributed by atoms with E-state index in [9.17, 15) is 19.1 Å². The molecule has 0 saturated heterocycles. The number of carbonyl (C=O) groups is 2. The number of carbonyl (C=O) groups excluding carboxylic acids is 2. The van der Waals surface area contributed by atoms with Gasteiger partial charge in [0.25, 0.3) is 5.91 Å². The summed E-state index contributed by atoms with van der Waals surface area (Å²) >= 11 is 5.93. The Balaban J connectivity index is 1.21. The topological polar surface area (TPSA) is 103 Å². The molecule has 2 aromatic carbocycles. The Hall–Kier alpha value is -2.88. The van der Waals surface area contributed by atoms with Crippen molar-refractivity contribution < 1.29 is 23.8 Å². The number of amides is 2. The summed E-state index contributed by atoms with van der Waals surface area (Å²) in [6.45, 7) is 3.14. The molecule has 2 amide bonds. The molecule has 1 saturated carbocycles. The summed E-state index contributed by atoms with van der Waals surface area (Å²) in [6, 6.07) is 8.19. The molecule has 2 aromatic rings. The highest BCUT2D eigenvalue weighted by atomic mass is 35.5. The second-order valence-corrected chi connectivity index (χ2v) is 10.6. The minimum absolute atomic E-state index is 0.00996. The lowest BCUT2D eigenvalue weighted by Crippen LogP contribution is -2.45. The molecule has 1 aliphatic heterocycles. The van der Waals surface area contributed by atoms with Gasteiger partial charge in [0.15, 0.2) is 12.4 Å². The Morgan fingerprint density at radius 3 is 2.64 bits per heavy atom. The molecule has 4 rings (SSSR count). The maximum absolute atomic E-state index is 13.5. The minimum Gasteiger partial charge on any atom is -0.506 e. The summed E-state index contributed by atoms with van der Waals surface area (Å²) in [4.78, 5) is 26.8. The zero-order chi connectivity index (χ0) is 27.6. The number of phenols is 1. The molecule has 2 aliphatic rings. The SMILES string of the molecule is O=C1COc2c(CCNCCN(C(=O)CCNCCc3cc(F)cc(Cl)c3)C3CCCCC3)ccc(O)c2N1. The zero-order valence-electron chi connectivity index (χ0n) is 22.2. The number of phenolic OH excluding ortho intramolecular Hbond substituents is 1. The van der Waals surface area contributed by atoms with E-state index in [1.807, 2.05) is 4.90 Å². The third kappa shape index (κ3) is 8.55. The fourth-order valence-corrected chi connectivity index (χ4v) is 5.56. The normalized spacial score (nSPS) is 15.4. The van der Waals surface area contributed by atoms with E-state index in [1.54, 1.807) is 18.2 Å². The molecule has 0 radical (unpaired) electrons. The van der Waals surface area contributed by atoms with Crippen molar-refractivity contribution in [2.45, 2.75) is 57.4 Å². The maximum atomic E-state index is 13.5. The van der Waals surface area contributed by atoms with Crippen LogP contribution in [0.3, 0.4) is 0 Å². The van der Waals surface area contributed by atoms with Crippen molar-refractivity contribution >= 4 is 29.1 Å². The van der Waals surface area contributed by atoms with E-state index in [2.05, 4.69) is 16.0 Å². The summed E-state index contributed by atoms with van der Waals surface area (Å²) in [5, 5.41) is 19.8. The first kappa shape index (κ1) is 29.1. The van der Waals surface area contributed by atoms with Gasteiger partial charge in [-0.05, 0) is 74.2 Å². The number of nitrogens with zero attached hydrogens (tertiary/aromatic N) is 1. The van der Waals surface area contributed by atoms with Gasteiger partial charge < -0.3 is 30.7 Å². The van der Waals surface area contributed by atoms with Crippen molar-refractivity contribution in [1.82, 2.24) is 15.5 Å². The quantitative estimate of drug-likeness (QED) is 0.218. The van der Waals surface area contributed by atoms with Crippen LogP contribution in [0.5, 0.6) is 11.5 Å². The molecule has 1 aliphatic carbocycles. The first-order valence-corrected chi connectivity index (χ1v) is 14.2. The summed E-state index contributed by atoms with van der Waals surface area (Å²) in [7, 11) is 0. The molecule has 0 bridgehead atoms. The third-order valence-electron chi connectivity index (χ3n) is 7.29. The van der Waals surface area contributed by atoms with Gasteiger partial charge in [0.05, 0.1) is 0 Å². The van der Waals surface area contributed by atoms with E-state index >= 15 is 0 Å². The molecule has 0 aromatic heterocycles. The number of hydrogen-bond acceptors (Lipinski definition) is 6. The fourth-order valence-electron chi connectivity index (χ4n) is 5.31. The summed E-state index contributed by atoms with van der Waals surface area (Å²) in [5.41, 5.74) is 2.06. The summed E-state index contributed by atoms with van der Waals surface area (Å²) in [5.74, 6) is 0.0373. The van der Waals surface area contributed by atoms with Gasteiger partial charge in [-0.25, -0.2) is 4.39 Å². The molecule has 1 fully saturated rings. The van der Waals surface area contributed by atoms with Crippen molar-refractivity contribution in [3.63, 3.8) is 0 Å². The van der Waals surface area contributed by atoms with Crippen molar-refractivity contribution in [2.75, 3.05) is 44.6 Å². The average Bonchev–Trinajstić information content (AvgIpc) is 2.91. The number of aromatic hydroxyl groups is 1.